The van der Waals surface area contributed by atoms with Crippen LogP contribution in [0.5, 0.6) is 17.2 Å². The normalized spacial score (nSPS) is 17.8. The van der Waals surface area contributed by atoms with E-state index in [1.165, 1.54) is 0 Å². The maximum Gasteiger partial charge on any atom is 0.161 e. The van der Waals surface area contributed by atoms with E-state index in [4.69, 9.17) is 9.47 Å². The van der Waals surface area contributed by atoms with E-state index in [9.17, 15) is 5.11 Å². The summed E-state index contributed by atoms with van der Waals surface area (Å²) < 4.78 is 10.8. The SMILES string of the molecule is COc1cc2c(cc1O)OC(C)(C)CC2. The number of fused-ring (bicyclic) bond motifs is 1. The molecule has 1 aromatic carbocycles. The van der Waals surface area contributed by atoms with Crippen LogP contribution in [0.1, 0.15) is 25.8 Å². The molecule has 0 saturated carbocycles. The number of phenols is 1. The first-order valence-corrected chi connectivity index (χ1v) is 5.11. The predicted octanol–water partition coefficient (Wildman–Crippen LogP) is 2.50. The highest BCUT2D eigenvalue weighted by molar-refractivity contribution is 5.50. The molecule has 1 aromatic rings. The number of ether oxygens (including phenoxy) is 2. The van der Waals surface area contributed by atoms with Crippen LogP contribution in [0, 0.1) is 0 Å². The molecule has 0 radical (unpaired) electrons. The van der Waals surface area contributed by atoms with E-state index in [1.54, 1.807) is 13.2 Å². The van der Waals surface area contributed by atoms with Crippen LogP contribution < -0.4 is 9.47 Å². The largest absolute Gasteiger partial charge is 0.504 e. The molecule has 1 aliphatic heterocycles. The molecular formula is C12H16O3. The number of phenolic OH excluding ortho intramolecular Hbond substituents is 1. The Kier molecular flexibility index (Phi) is 2.25. The van der Waals surface area contributed by atoms with E-state index in [0.717, 1.165) is 24.2 Å². The van der Waals surface area contributed by atoms with Crippen molar-refractivity contribution in [1.82, 2.24) is 0 Å². The minimum absolute atomic E-state index is 0.133. The third-order valence-corrected chi connectivity index (χ3v) is 2.74. The predicted molar refractivity (Wildman–Crippen MR) is 57.7 cm³/mol. The fourth-order valence-electron chi connectivity index (χ4n) is 1.83. The van der Waals surface area contributed by atoms with Gasteiger partial charge in [0.15, 0.2) is 11.5 Å². The van der Waals surface area contributed by atoms with Crippen molar-refractivity contribution in [2.75, 3.05) is 7.11 Å². The maximum atomic E-state index is 9.63. The molecule has 0 atom stereocenters. The van der Waals surface area contributed by atoms with Crippen LogP contribution in [-0.2, 0) is 6.42 Å². The lowest BCUT2D eigenvalue weighted by molar-refractivity contribution is 0.0841. The third-order valence-electron chi connectivity index (χ3n) is 2.74. The summed E-state index contributed by atoms with van der Waals surface area (Å²) in [6, 6.07) is 3.48. The van der Waals surface area contributed by atoms with Gasteiger partial charge in [0.05, 0.1) is 7.11 Å². The van der Waals surface area contributed by atoms with E-state index in [1.807, 2.05) is 6.07 Å². The Hall–Kier alpha value is -1.38. The van der Waals surface area contributed by atoms with Crippen LogP contribution in [-0.4, -0.2) is 17.8 Å². The summed E-state index contributed by atoms with van der Waals surface area (Å²) in [7, 11) is 1.55. The Bertz CT molecular complexity index is 383. The maximum absolute atomic E-state index is 9.63. The molecule has 0 aliphatic carbocycles. The van der Waals surface area contributed by atoms with Crippen molar-refractivity contribution in [3.63, 3.8) is 0 Å². The van der Waals surface area contributed by atoms with Crippen molar-refractivity contribution in [2.45, 2.75) is 32.3 Å². The van der Waals surface area contributed by atoms with E-state index in [2.05, 4.69) is 13.8 Å². The van der Waals surface area contributed by atoms with E-state index >= 15 is 0 Å². The van der Waals surface area contributed by atoms with Crippen LogP contribution in [0.15, 0.2) is 12.1 Å². The van der Waals surface area contributed by atoms with Gasteiger partial charge in [-0.15, -0.1) is 0 Å². The highest BCUT2D eigenvalue weighted by Crippen LogP contribution is 2.39. The second-order valence-corrected chi connectivity index (χ2v) is 4.49. The lowest BCUT2D eigenvalue weighted by atomic mass is 9.94. The van der Waals surface area contributed by atoms with Gasteiger partial charge in [0.25, 0.3) is 0 Å². The summed E-state index contributed by atoms with van der Waals surface area (Å²) in [6.45, 7) is 4.11. The number of benzene rings is 1. The van der Waals surface area contributed by atoms with Crippen molar-refractivity contribution in [3.8, 4) is 17.2 Å². The van der Waals surface area contributed by atoms with Crippen LogP contribution in [0.3, 0.4) is 0 Å². The molecule has 2 rings (SSSR count). The van der Waals surface area contributed by atoms with Gasteiger partial charge in [-0.3, -0.25) is 0 Å². The molecule has 0 bridgehead atoms. The molecule has 1 aliphatic rings. The lowest BCUT2D eigenvalue weighted by Crippen LogP contribution is -2.32. The van der Waals surface area contributed by atoms with E-state index < -0.39 is 0 Å². The van der Waals surface area contributed by atoms with Gasteiger partial charge in [-0.2, -0.15) is 0 Å². The topological polar surface area (TPSA) is 38.7 Å². The number of hydrogen-bond donors (Lipinski definition) is 1. The molecule has 1 N–H and O–H groups in total. The summed E-state index contributed by atoms with van der Waals surface area (Å²) in [4.78, 5) is 0. The van der Waals surface area contributed by atoms with Gasteiger partial charge < -0.3 is 14.6 Å². The second-order valence-electron chi connectivity index (χ2n) is 4.49. The quantitative estimate of drug-likeness (QED) is 0.770. The zero-order valence-corrected chi connectivity index (χ0v) is 9.33. The third kappa shape index (κ3) is 1.87. The fraction of sp³-hybridized carbons (Fsp3) is 0.500. The first-order valence-electron chi connectivity index (χ1n) is 5.11. The van der Waals surface area contributed by atoms with Gasteiger partial charge in [-0.1, -0.05) is 0 Å². The molecule has 0 amide bonds. The van der Waals surface area contributed by atoms with Gasteiger partial charge in [0.1, 0.15) is 11.4 Å². The molecular weight excluding hydrogens is 192 g/mol. The average Bonchev–Trinajstić information content (AvgIpc) is 2.15. The van der Waals surface area contributed by atoms with Crippen molar-refractivity contribution in [1.29, 1.82) is 0 Å². The molecule has 15 heavy (non-hydrogen) atoms. The van der Waals surface area contributed by atoms with Crippen LogP contribution in [0.25, 0.3) is 0 Å². The summed E-state index contributed by atoms with van der Waals surface area (Å²) in [5.41, 5.74) is 0.956. The van der Waals surface area contributed by atoms with Crippen molar-refractivity contribution >= 4 is 0 Å². The summed E-state index contributed by atoms with van der Waals surface area (Å²) in [6.07, 6.45) is 1.94. The minimum Gasteiger partial charge on any atom is -0.504 e. The average molecular weight is 208 g/mol. The highest BCUT2D eigenvalue weighted by Gasteiger charge is 2.27. The fourth-order valence-corrected chi connectivity index (χ4v) is 1.83. The van der Waals surface area contributed by atoms with Crippen molar-refractivity contribution < 1.29 is 14.6 Å². The van der Waals surface area contributed by atoms with E-state index in [-0.39, 0.29) is 11.4 Å². The minimum atomic E-state index is -0.145. The highest BCUT2D eigenvalue weighted by atomic mass is 16.5. The molecule has 82 valence electrons. The van der Waals surface area contributed by atoms with Gasteiger partial charge in [0.2, 0.25) is 0 Å². The van der Waals surface area contributed by atoms with Crippen LogP contribution in [0.4, 0.5) is 0 Å². The summed E-state index contributed by atoms with van der Waals surface area (Å²) >= 11 is 0. The Labute approximate surface area is 89.6 Å². The number of hydrogen-bond acceptors (Lipinski definition) is 3. The smallest absolute Gasteiger partial charge is 0.161 e. The van der Waals surface area contributed by atoms with Gasteiger partial charge in [-0.25, -0.2) is 0 Å². The Balaban J connectivity index is 2.41. The first kappa shape index (κ1) is 10.1. The second kappa shape index (κ2) is 3.33. The van der Waals surface area contributed by atoms with Crippen LogP contribution in [0.2, 0.25) is 0 Å². The van der Waals surface area contributed by atoms with Gasteiger partial charge >= 0.3 is 0 Å². The van der Waals surface area contributed by atoms with Crippen molar-refractivity contribution in [2.24, 2.45) is 0 Å². The molecule has 0 aromatic heterocycles. The first-order chi connectivity index (χ1) is 7.02. The Morgan fingerprint density at radius 2 is 2.13 bits per heavy atom. The molecule has 3 nitrogen and oxygen atoms in total. The molecule has 0 spiro atoms. The molecule has 0 saturated heterocycles. The number of aromatic hydroxyl groups is 1. The van der Waals surface area contributed by atoms with Gasteiger partial charge in [-0.05, 0) is 38.3 Å². The molecule has 1 heterocycles. The van der Waals surface area contributed by atoms with Crippen molar-refractivity contribution in [3.05, 3.63) is 17.7 Å². The van der Waals surface area contributed by atoms with E-state index in [0.29, 0.717) is 5.75 Å². The number of rotatable bonds is 1. The number of methoxy groups -OCH3 is 1. The number of aryl methyl sites for hydroxylation is 1. The zero-order chi connectivity index (χ0) is 11.1. The Morgan fingerprint density at radius 3 is 2.80 bits per heavy atom. The molecule has 0 fully saturated rings. The molecule has 3 heteroatoms. The molecule has 0 unspecified atom stereocenters. The van der Waals surface area contributed by atoms with Crippen LogP contribution >= 0.6 is 0 Å². The lowest BCUT2D eigenvalue weighted by Gasteiger charge is -2.32. The van der Waals surface area contributed by atoms with Gasteiger partial charge in [0, 0.05) is 6.07 Å². The summed E-state index contributed by atoms with van der Waals surface area (Å²) in [5, 5.41) is 9.63. The zero-order valence-electron chi connectivity index (χ0n) is 9.33. The standard InChI is InChI=1S/C12H16O3/c1-12(2)5-4-8-6-11(14-3)9(13)7-10(8)15-12/h6-7,13H,4-5H2,1-3H3. The monoisotopic (exact) mass is 208 g/mol. The Morgan fingerprint density at radius 1 is 1.40 bits per heavy atom. The summed E-state index contributed by atoms with van der Waals surface area (Å²) in [5.74, 6) is 1.41.